The fourth-order valence-corrected chi connectivity index (χ4v) is 3.64. The summed E-state index contributed by atoms with van der Waals surface area (Å²) in [6.45, 7) is 2.69. The predicted octanol–water partition coefficient (Wildman–Crippen LogP) is 3.39. The molecule has 1 aliphatic rings. The zero-order chi connectivity index (χ0) is 21.9. The van der Waals surface area contributed by atoms with E-state index in [1.165, 1.54) is 7.11 Å². The van der Waals surface area contributed by atoms with Crippen molar-refractivity contribution in [3.05, 3.63) is 60.3 Å². The maximum Gasteiger partial charge on any atom is 0.337 e. The van der Waals surface area contributed by atoms with Crippen LogP contribution < -0.4 is 10.2 Å². The molecule has 32 heavy (non-hydrogen) atoms. The second kappa shape index (κ2) is 8.64. The molecule has 2 aromatic carbocycles. The van der Waals surface area contributed by atoms with E-state index in [1.54, 1.807) is 18.3 Å². The minimum absolute atomic E-state index is 0.388. The fourth-order valence-electron chi connectivity index (χ4n) is 3.64. The highest BCUT2D eigenvalue weighted by Crippen LogP contribution is 2.27. The zero-order valence-corrected chi connectivity index (χ0v) is 17.5. The highest BCUT2D eigenvalue weighted by atomic mass is 16.5. The lowest BCUT2D eigenvalue weighted by Gasteiger charge is -2.27. The van der Waals surface area contributed by atoms with Crippen molar-refractivity contribution in [3.63, 3.8) is 0 Å². The van der Waals surface area contributed by atoms with Gasteiger partial charge in [0.05, 0.1) is 43.3 Å². The number of carbonyl (C=O) groups excluding carboxylic acids is 1. The van der Waals surface area contributed by atoms with Crippen LogP contribution in [0.4, 0.5) is 17.5 Å². The summed E-state index contributed by atoms with van der Waals surface area (Å²) in [5.74, 6) is 0.880. The van der Waals surface area contributed by atoms with Crippen molar-refractivity contribution >= 4 is 34.3 Å². The molecule has 0 saturated carbocycles. The van der Waals surface area contributed by atoms with Gasteiger partial charge in [0.1, 0.15) is 5.82 Å². The lowest BCUT2D eigenvalue weighted by atomic mass is 10.1. The predicted molar refractivity (Wildman–Crippen MR) is 121 cm³/mol. The Morgan fingerprint density at radius 2 is 2.00 bits per heavy atom. The van der Waals surface area contributed by atoms with Crippen LogP contribution in [-0.4, -0.2) is 59.5 Å². The lowest BCUT2D eigenvalue weighted by Crippen LogP contribution is -2.37. The van der Waals surface area contributed by atoms with Crippen molar-refractivity contribution < 1.29 is 14.3 Å². The Bertz CT molecular complexity index is 1270. The van der Waals surface area contributed by atoms with Crippen LogP contribution >= 0.6 is 0 Å². The molecule has 1 aliphatic heterocycles. The summed E-state index contributed by atoms with van der Waals surface area (Å²) in [5, 5.41) is 11.4. The number of carbonyl (C=O) groups is 1. The van der Waals surface area contributed by atoms with Gasteiger partial charge in [0, 0.05) is 35.8 Å². The number of anilines is 3. The fraction of sp³-hybridized carbons (Fsp3) is 0.217. The van der Waals surface area contributed by atoms with Gasteiger partial charge in [-0.05, 0) is 30.3 Å². The number of nitrogens with one attached hydrogen (secondary N) is 2. The summed E-state index contributed by atoms with van der Waals surface area (Å²) >= 11 is 0. The first kappa shape index (κ1) is 20.0. The third-order valence-electron chi connectivity index (χ3n) is 5.30. The van der Waals surface area contributed by atoms with E-state index >= 15 is 0 Å². The number of rotatable bonds is 5. The second-order valence-electron chi connectivity index (χ2n) is 7.41. The molecule has 3 heterocycles. The number of methoxy groups -OCH3 is 1. The molecule has 0 atom stereocenters. The van der Waals surface area contributed by atoms with E-state index in [9.17, 15) is 4.79 Å². The summed E-state index contributed by atoms with van der Waals surface area (Å²) in [7, 11) is 1.37. The Kier molecular flexibility index (Phi) is 5.39. The Morgan fingerprint density at radius 1 is 1.12 bits per heavy atom. The number of aromatic amines is 1. The molecule has 162 valence electrons. The van der Waals surface area contributed by atoms with Crippen LogP contribution in [0.5, 0.6) is 0 Å². The van der Waals surface area contributed by atoms with Crippen LogP contribution in [0.25, 0.3) is 22.2 Å². The second-order valence-corrected chi connectivity index (χ2v) is 7.41. The van der Waals surface area contributed by atoms with Crippen LogP contribution in [0.1, 0.15) is 10.4 Å². The normalized spacial score (nSPS) is 13.8. The number of hydrogen-bond acceptors (Lipinski definition) is 8. The summed E-state index contributed by atoms with van der Waals surface area (Å²) in [6.07, 6.45) is 1.78. The topological polar surface area (TPSA) is 105 Å². The molecule has 2 aromatic heterocycles. The molecule has 0 unspecified atom stereocenters. The number of fused-ring (bicyclic) bond motifs is 1. The minimum atomic E-state index is -0.388. The van der Waals surface area contributed by atoms with E-state index in [4.69, 9.17) is 19.4 Å². The summed E-state index contributed by atoms with van der Waals surface area (Å²) < 4.78 is 10.3. The largest absolute Gasteiger partial charge is 0.465 e. The van der Waals surface area contributed by atoms with Crippen LogP contribution in [0.15, 0.2) is 54.7 Å². The van der Waals surface area contributed by atoms with E-state index in [0.29, 0.717) is 49.3 Å². The SMILES string of the molecule is COC(=O)c1cccc(-c2cc(Nc3ccc4[nH]ncc4c3)nc(N3CCOCC3)n2)c1. The summed E-state index contributed by atoms with van der Waals surface area (Å²) in [4.78, 5) is 23.6. The maximum atomic E-state index is 12.0. The standard InChI is InChI=1S/C23H22N6O3/c1-31-22(30)16-4-2-3-15(11-16)20-13-21(27-23(26-20)29-7-9-32-10-8-29)25-18-5-6-19-17(12-18)14-24-28-19/h2-6,11-14H,7-10H2,1H3,(H,24,28)(H,25,26,27). The van der Waals surface area contributed by atoms with Crippen molar-refractivity contribution in [1.29, 1.82) is 0 Å². The van der Waals surface area contributed by atoms with Gasteiger partial charge in [0.25, 0.3) is 0 Å². The number of ether oxygens (including phenoxy) is 2. The van der Waals surface area contributed by atoms with Crippen molar-refractivity contribution in [2.24, 2.45) is 0 Å². The quantitative estimate of drug-likeness (QED) is 0.464. The van der Waals surface area contributed by atoms with Gasteiger partial charge in [-0.1, -0.05) is 12.1 Å². The van der Waals surface area contributed by atoms with Gasteiger partial charge in [-0.15, -0.1) is 0 Å². The Balaban J connectivity index is 1.54. The Morgan fingerprint density at radius 3 is 2.84 bits per heavy atom. The van der Waals surface area contributed by atoms with Crippen LogP contribution in [0, 0.1) is 0 Å². The number of morpholine rings is 1. The van der Waals surface area contributed by atoms with Gasteiger partial charge in [-0.25, -0.2) is 9.78 Å². The van der Waals surface area contributed by atoms with Gasteiger partial charge in [-0.3, -0.25) is 5.10 Å². The first-order valence-electron chi connectivity index (χ1n) is 10.3. The lowest BCUT2D eigenvalue weighted by molar-refractivity contribution is 0.0601. The van der Waals surface area contributed by atoms with E-state index in [-0.39, 0.29) is 5.97 Å². The third-order valence-corrected chi connectivity index (χ3v) is 5.30. The van der Waals surface area contributed by atoms with E-state index in [1.807, 2.05) is 36.4 Å². The molecular formula is C23H22N6O3. The zero-order valence-electron chi connectivity index (χ0n) is 17.5. The van der Waals surface area contributed by atoms with Crippen LogP contribution in [-0.2, 0) is 9.47 Å². The molecule has 1 saturated heterocycles. The molecule has 0 amide bonds. The molecule has 1 fully saturated rings. The summed E-state index contributed by atoms with van der Waals surface area (Å²) in [5.41, 5.74) is 3.83. The van der Waals surface area contributed by atoms with Gasteiger partial charge < -0.3 is 19.7 Å². The molecular weight excluding hydrogens is 408 g/mol. The molecule has 9 nitrogen and oxygen atoms in total. The number of H-pyrrole nitrogens is 1. The molecule has 0 aliphatic carbocycles. The molecule has 9 heteroatoms. The molecule has 2 N–H and O–H groups in total. The Hall–Kier alpha value is -3.98. The van der Waals surface area contributed by atoms with Crippen molar-refractivity contribution in [2.75, 3.05) is 43.6 Å². The molecule has 0 spiro atoms. The highest BCUT2D eigenvalue weighted by molar-refractivity contribution is 5.91. The van der Waals surface area contributed by atoms with Crippen molar-refractivity contribution in [2.45, 2.75) is 0 Å². The molecule has 4 aromatic rings. The van der Waals surface area contributed by atoms with Crippen molar-refractivity contribution in [3.8, 4) is 11.3 Å². The molecule has 5 rings (SSSR count). The van der Waals surface area contributed by atoms with Gasteiger partial charge in [0.15, 0.2) is 0 Å². The summed E-state index contributed by atoms with van der Waals surface area (Å²) in [6, 6.07) is 15.0. The third kappa shape index (κ3) is 4.10. The molecule has 0 radical (unpaired) electrons. The van der Waals surface area contributed by atoms with Crippen LogP contribution in [0.2, 0.25) is 0 Å². The van der Waals surface area contributed by atoms with E-state index in [0.717, 1.165) is 22.2 Å². The van der Waals surface area contributed by atoms with Gasteiger partial charge in [0.2, 0.25) is 5.95 Å². The average molecular weight is 430 g/mol. The highest BCUT2D eigenvalue weighted by Gasteiger charge is 2.17. The number of hydrogen-bond donors (Lipinski definition) is 2. The number of benzene rings is 2. The van der Waals surface area contributed by atoms with E-state index < -0.39 is 0 Å². The number of nitrogens with zero attached hydrogens (tertiary/aromatic N) is 4. The van der Waals surface area contributed by atoms with Crippen LogP contribution in [0.3, 0.4) is 0 Å². The van der Waals surface area contributed by atoms with Gasteiger partial charge in [-0.2, -0.15) is 10.1 Å². The Labute approximate surface area is 184 Å². The van der Waals surface area contributed by atoms with Gasteiger partial charge >= 0.3 is 5.97 Å². The average Bonchev–Trinajstić information content (AvgIpc) is 3.32. The van der Waals surface area contributed by atoms with E-state index in [2.05, 4.69) is 20.4 Å². The maximum absolute atomic E-state index is 12.0. The van der Waals surface area contributed by atoms with Crippen molar-refractivity contribution in [1.82, 2.24) is 20.2 Å². The minimum Gasteiger partial charge on any atom is -0.465 e. The molecule has 0 bridgehead atoms. The number of esters is 1. The first-order chi connectivity index (χ1) is 15.7. The number of aromatic nitrogens is 4. The monoisotopic (exact) mass is 430 g/mol. The smallest absolute Gasteiger partial charge is 0.337 e. The first-order valence-corrected chi connectivity index (χ1v) is 10.3.